The van der Waals surface area contributed by atoms with Gasteiger partial charge in [-0.25, -0.2) is 0 Å². The molecule has 0 aliphatic heterocycles. The van der Waals surface area contributed by atoms with Gasteiger partial charge < -0.3 is 10.6 Å². The van der Waals surface area contributed by atoms with Crippen LogP contribution in [0.5, 0.6) is 0 Å². The third kappa shape index (κ3) is 4.53. The van der Waals surface area contributed by atoms with Crippen LogP contribution in [0.1, 0.15) is 11.3 Å². The summed E-state index contributed by atoms with van der Waals surface area (Å²) in [6.45, 7) is 1.45. The fourth-order valence-electron chi connectivity index (χ4n) is 1.90. The molecule has 0 bridgehead atoms. The highest BCUT2D eigenvalue weighted by Crippen LogP contribution is 2.14. The lowest BCUT2D eigenvalue weighted by Gasteiger charge is -2.12. The molecule has 21 heavy (non-hydrogen) atoms. The Hall–Kier alpha value is -1.95. The largest absolute Gasteiger partial charge is 0.352 e. The number of aliphatic imine (C=N–C) groups is 1. The Morgan fingerprint density at radius 2 is 1.90 bits per heavy atom. The number of thioether (sulfide) groups is 1. The Labute approximate surface area is 129 Å². The van der Waals surface area contributed by atoms with E-state index in [2.05, 4.69) is 51.2 Å². The maximum Gasteiger partial charge on any atom is 0.191 e. The molecule has 5 nitrogen and oxygen atoms in total. The highest BCUT2D eigenvalue weighted by atomic mass is 32.2. The molecule has 112 valence electrons. The van der Waals surface area contributed by atoms with Gasteiger partial charge in [0.25, 0.3) is 0 Å². The zero-order valence-electron chi connectivity index (χ0n) is 12.6. The molecule has 0 unspecified atom stereocenters. The fourth-order valence-corrected chi connectivity index (χ4v) is 2.31. The average molecular weight is 303 g/mol. The van der Waals surface area contributed by atoms with Crippen LogP contribution in [0.3, 0.4) is 0 Å². The van der Waals surface area contributed by atoms with Gasteiger partial charge in [-0.15, -0.1) is 11.8 Å². The number of aromatic nitrogens is 2. The Morgan fingerprint density at radius 1 is 1.19 bits per heavy atom. The van der Waals surface area contributed by atoms with E-state index >= 15 is 0 Å². The fraction of sp³-hybridized carbons (Fsp3) is 0.333. The molecule has 2 N–H and O–H groups in total. The molecular formula is C15H21N5S. The summed E-state index contributed by atoms with van der Waals surface area (Å²) in [7, 11) is 3.70. The summed E-state index contributed by atoms with van der Waals surface area (Å²) in [5, 5.41) is 10.7. The van der Waals surface area contributed by atoms with Crippen LogP contribution in [0.25, 0.3) is 0 Å². The second-order valence-corrected chi connectivity index (χ2v) is 5.45. The zero-order chi connectivity index (χ0) is 15.1. The molecule has 2 aromatic rings. The van der Waals surface area contributed by atoms with Crippen LogP contribution in [-0.2, 0) is 20.1 Å². The Balaban J connectivity index is 1.83. The van der Waals surface area contributed by atoms with Crippen molar-refractivity contribution >= 4 is 17.7 Å². The average Bonchev–Trinajstić information content (AvgIpc) is 2.93. The minimum absolute atomic E-state index is 0.696. The molecule has 0 radical (unpaired) electrons. The molecule has 0 fully saturated rings. The maximum atomic E-state index is 4.23. The first-order valence-corrected chi connectivity index (χ1v) is 7.99. The summed E-state index contributed by atoms with van der Waals surface area (Å²) in [5.74, 6) is 0.783. The second kappa shape index (κ2) is 7.73. The van der Waals surface area contributed by atoms with E-state index in [1.807, 2.05) is 17.8 Å². The first-order chi connectivity index (χ1) is 10.2. The van der Waals surface area contributed by atoms with E-state index in [1.165, 1.54) is 10.5 Å². The quantitative estimate of drug-likeness (QED) is 0.504. The van der Waals surface area contributed by atoms with Gasteiger partial charge >= 0.3 is 0 Å². The third-order valence-electron chi connectivity index (χ3n) is 3.20. The van der Waals surface area contributed by atoms with Gasteiger partial charge in [0.05, 0.1) is 12.2 Å². The van der Waals surface area contributed by atoms with Crippen molar-refractivity contribution < 1.29 is 0 Å². The van der Waals surface area contributed by atoms with Gasteiger partial charge in [0.1, 0.15) is 0 Å². The number of benzene rings is 1. The number of guanidine groups is 1. The first kappa shape index (κ1) is 15.4. The van der Waals surface area contributed by atoms with Gasteiger partial charge in [-0.2, -0.15) is 5.10 Å². The standard InChI is InChI=1S/C15H21N5S/c1-16-15(18-11-13-8-9-19-20(13)2)17-10-12-4-6-14(21-3)7-5-12/h4-9H,10-11H2,1-3H3,(H2,16,17,18). The molecule has 2 rings (SSSR count). The van der Waals surface area contributed by atoms with E-state index in [0.717, 1.165) is 18.2 Å². The molecule has 0 saturated carbocycles. The van der Waals surface area contributed by atoms with Gasteiger partial charge in [-0.05, 0) is 30.0 Å². The van der Waals surface area contributed by atoms with E-state index in [0.29, 0.717) is 6.54 Å². The topological polar surface area (TPSA) is 54.2 Å². The lowest BCUT2D eigenvalue weighted by molar-refractivity contribution is 0.684. The maximum absolute atomic E-state index is 4.23. The van der Waals surface area contributed by atoms with Gasteiger partial charge in [0, 0.05) is 31.7 Å². The first-order valence-electron chi connectivity index (χ1n) is 6.77. The van der Waals surface area contributed by atoms with Crippen molar-refractivity contribution in [3.05, 3.63) is 47.8 Å². The molecule has 0 atom stereocenters. The zero-order valence-corrected chi connectivity index (χ0v) is 13.4. The van der Waals surface area contributed by atoms with E-state index in [-0.39, 0.29) is 0 Å². The smallest absolute Gasteiger partial charge is 0.191 e. The predicted octanol–water partition coefficient (Wildman–Crippen LogP) is 2.01. The number of nitrogens with zero attached hydrogens (tertiary/aromatic N) is 3. The van der Waals surface area contributed by atoms with E-state index < -0.39 is 0 Å². The Morgan fingerprint density at radius 3 is 2.48 bits per heavy atom. The summed E-state index contributed by atoms with van der Waals surface area (Å²) < 4.78 is 1.85. The molecule has 1 aromatic heterocycles. The molecular weight excluding hydrogens is 282 g/mol. The number of hydrogen-bond donors (Lipinski definition) is 2. The van der Waals surface area contributed by atoms with Crippen LogP contribution in [0.4, 0.5) is 0 Å². The van der Waals surface area contributed by atoms with Crippen molar-refractivity contribution in [2.45, 2.75) is 18.0 Å². The lowest BCUT2D eigenvalue weighted by atomic mass is 10.2. The molecule has 0 spiro atoms. The monoisotopic (exact) mass is 303 g/mol. The summed E-state index contributed by atoms with van der Waals surface area (Å²) in [6.07, 6.45) is 3.87. The van der Waals surface area contributed by atoms with Crippen LogP contribution in [0, 0.1) is 0 Å². The number of aryl methyl sites for hydroxylation is 1. The summed E-state index contributed by atoms with van der Waals surface area (Å²) in [5.41, 5.74) is 2.35. The number of rotatable bonds is 5. The van der Waals surface area contributed by atoms with Crippen LogP contribution >= 0.6 is 11.8 Å². The summed E-state index contributed by atoms with van der Waals surface area (Å²) in [6, 6.07) is 10.5. The van der Waals surface area contributed by atoms with Gasteiger partial charge in [-0.1, -0.05) is 12.1 Å². The van der Waals surface area contributed by atoms with Crippen molar-refractivity contribution in [3.63, 3.8) is 0 Å². The predicted molar refractivity (Wildman–Crippen MR) is 88.5 cm³/mol. The lowest BCUT2D eigenvalue weighted by Crippen LogP contribution is -2.36. The number of nitrogens with one attached hydrogen (secondary N) is 2. The minimum Gasteiger partial charge on any atom is -0.352 e. The van der Waals surface area contributed by atoms with Crippen LogP contribution in [-0.4, -0.2) is 29.0 Å². The van der Waals surface area contributed by atoms with Gasteiger partial charge in [-0.3, -0.25) is 9.67 Å². The second-order valence-electron chi connectivity index (χ2n) is 4.57. The SMILES string of the molecule is CN=C(NCc1ccc(SC)cc1)NCc1ccnn1C. The molecule has 0 saturated heterocycles. The third-order valence-corrected chi connectivity index (χ3v) is 3.95. The normalized spacial score (nSPS) is 11.5. The van der Waals surface area contributed by atoms with Crippen molar-refractivity contribution in [2.75, 3.05) is 13.3 Å². The highest BCUT2D eigenvalue weighted by Gasteiger charge is 2.01. The van der Waals surface area contributed by atoms with Crippen LogP contribution < -0.4 is 10.6 Å². The Kier molecular flexibility index (Phi) is 5.68. The van der Waals surface area contributed by atoms with Gasteiger partial charge in [0.2, 0.25) is 0 Å². The van der Waals surface area contributed by atoms with E-state index in [1.54, 1.807) is 25.0 Å². The van der Waals surface area contributed by atoms with Gasteiger partial charge in [0.15, 0.2) is 5.96 Å². The van der Waals surface area contributed by atoms with Crippen LogP contribution in [0.15, 0.2) is 46.4 Å². The molecule has 0 aliphatic rings. The van der Waals surface area contributed by atoms with Crippen LogP contribution in [0.2, 0.25) is 0 Å². The van der Waals surface area contributed by atoms with Crippen molar-refractivity contribution in [3.8, 4) is 0 Å². The summed E-state index contributed by atoms with van der Waals surface area (Å²) in [4.78, 5) is 5.50. The highest BCUT2D eigenvalue weighted by molar-refractivity contribution is 7.98. The van der Waals surface area contributed by atoms with Crippen molar-refractivity contribution in [1.29, 1.82) is 0 Å². The van der Waals surface area contributed by atoms with Crippen molar-refractivity contribution in [2.24, 2.45) is 12.0 Å². The van der Waals surface area contributed by atoms with E-state index in [4.69, 9.17) is 0 Å². The molecule has 1 heterocycles. The number of hydrogen-bond acceptors (Lipinski definition) is 3. The molecule has 0 aliphatic carbocycles. The molecule has 1 aromatic carbocycles. The molecule has 6 heteroatoms. The van der Waals surface area contributed by atoms with E-state index in [9.17, 15) is 0 Å². The molecule has 0 amide bonds. The Bertz CT molecular complexity index is 588. The minimum atomic E-state index is 0.696. The summed E-state index contributed by atoms with van der Waals surface area (Å²) >= 11 is 1.75. The van der Waals surface area contributed by atoms with Crippen molar-refractivity contribution in [1.82, 2.24) is 20.4 Å².